The Hall–Kier alpha value is -1.88. The summed E-state index contributed by atoms with van der Waals surface area (Å²) in [5, 5.41) is 4.44. The fourth-order valence-electron chi connectivity index (χ4n) is 2.53. The van der Waals surface area contributed by atoms with Crippen LogP contribution in [0.3, 0.4) is 0 Å². The number of allylic oxidation sites excluding steroid dienone is 1. The molecule has 0 bridgehead atoms. The zero-order chi connectivity index (χ0) is 15.7. The van der Waals surface area contributed by atoms with Crippen molar-refractivity contribution in [1.29, 1.82) is 0 Å². The van der Waals surface area contributed by atoms with Gasteiger partial charge in [0.25, 0.3) is 0 Å². The van der Waals surface area contributed by atoms with E-state index in [1.165, 1.54) is 14.2 Å². The van der Waals surface area contributed by atoms with Crippen molar-refractivity contribution < 1.29 is 18.3 Å². The van der Waals surface area contributed by atoms with Gasteiger partial charge in [-0.2, -0.15) is 5.10 Å². The van der Waals surface area contributed by atoms with Crippen LogP contribution in [0, 0.1) is 0 Å². The lowest BCUT2D eigenvalue weighted by Crippen LogP contribution is -2.13. The summed E-state index contributed by atoms with van der Waals surface area (Å²) in [5.41, 5.74) is 2.82. The van der Waals surface area contributed by atoms with Gasteiger partial charge in [-0.25, -0.2) is 0 Å². The monoisotopic (exact) mass is 320 g/mol. The molecule has 0 saturated heterocycles. The van der Waals surface area contributed by atoms with Gasteiger partial charge in [0, 0.05) is 19.8 Å². The fourth-order valence-corrected chi connectivity index (χ4v) is 3.76. The predicted molar refractivity (Wildman–Crippen MR) is 84.5 cm³/mol. The van der Waals surface area contributed by atoms with Crippen molar-refractivity contribution in [2.24, 2.45) is 0 Å². The largest absolute Gasteiger partial charge is 0.497 e. The van der Waals surface area contributed by atoms with Gasteiger partial charge in [-0.3, -0.25) is 9.25 Å². The first-order chi connectivity index (χ1) is 10.6. The number of hydrogen-bond donors (Lipinski definition) is 0. The third-order valence-electron chi connectivity index (χ3n) is 3.63. The van der Waals surface area contributed by atoms with E-state index >= 15 is 0 Å². The topological polar surface area (TPSA) is 62.6 Å². The molecule has 7 heteroatoms. The van der Waals surface area contributed by atoms with Crippen molar-refractivity contribution in [3.05, 3.63) is 36.0 Å². The van der Waals surface area contributed by atoms with E-state index in [0.717, 1.165) is 22.6 Å². The molecule has 0 N–H and O–H groups in total. The first-order valence-electron chi connectivity index (χ1n) is 6.77. The number of fused-ring (bicyclic) bond motifs is 1. The van der Waals surface area contributed by atoms with E-state index in [0.29, 0.717) is 12.0 Å². The van der Waals surface area contributed by atoms with Crippen LogP contribution in [0.2, 0.25) is 0 Å². The SMILES string of the molecule is COc1cccc(-c2c(P(=O)(OC)OC)nn3c2C=CC3)c1. The molecule has 0 saturated carbocycles. The van der Waals surface area contributed by atoms with Gasteiger partial charge in [-0.05, 0) is 23.8 Å². The van der Waals surface area contributed by atoms with Gasteiger partial charge in [0.1, 0.15) is 5.75 Å². The van der Waals surface area contributed by atoms with E-state index in [9.17, 15) is 4.57 Å². The van der Waals surface area contributed by atoms with Gasteiger partial charge >= 0.3 is 7.60 Å². The van der Waals surface area contributed by atoms with Gasteiger partial charge in [0.05, 0.1) is 19.3 Å². The highest BCUT2D eigenvalue weighted by Gasteiger charge is 2.35. The van der Waals surface area contributed by atoms with Gasteiger partial charge in [-0.15, -0.1) is 0 Å². The molecule has 1 aliphatic heterocycles. The third kappa shape index (κ3) is 2.29. The van der Waals surface area contributed by atoms with Crippen molar-refractivity contribution in [1.82, 2.24) is 9.78 Å². The van der Waals surface area contributed by atoms with Crippen LogP contribution in [0.5, 0.6) is 5.75 Å². The molecule has 1 aliphatic rings. The van der Waals surface area contributed by atoms with Crippen LogP contribution in [0.15, 0.2) is 30.3 Å². The Morgan fingerprint density at radius 2 is 2.00 bits per heavy atom. The average Bonchev–Trinajstić information content (AvgIpc) is 3.15. The molecule has 0 spiro atoms. The van der Waals surface area contributed by atoms with Crippen LogP contribution >= 0.6 is 7.60 Å². The quantitative estimate of drug-likeness (QED) is 0.793. The summed E-state index contributed by atoms with van der Waals surface area (Å²) in [4.78, 5) is 0. The zero-order valence-corrected chi connectivity index (χ0v) is 13.5. The second kappa shape index (κ2) is 5.72. The zero-order valence-electron chi connectivity index (χ0n) is 12.6. The van der Waals surface area contributed by atoms with E-state index in [2.05, 4.69) is 5.10 Å². The molecule has 6 nitrogen and oxygen atoms in total. The number of aromatic nitrogens is 2. The molecule has 1 aromatic carbocycles. The maximum absolute atomic E-state index is 12.8. The molecular weight excluding hydrogens is 303 g/mol. The third-order valence-corrected chi connectivity index (χ3v) is 5.42. The Bertz CT molecular complexity index is 774. The van der Waals surface area contributed by atoms with Crippen LogP contribution < -0.4 is 10.2 Å². The van der Waals surface area contributed by atoms with Gasteiger partial charge in [-0.1, -0.05) is 18.2 Å². The standard InChI is InChI=1S/C15H17N2O4P/c1-19-12-7-4-6-11(10-12)14-13-8-5-9-17(13)16-15(14)22(18,20-2)21-3/h4-8,10H,9H2,1-3H3. The summed E-state index contributed by atoms with van der Waals surface area (Å²) in [6, 6.07) is 7.54. The van der Waals surface area contributed by atoms with Crippen molar-refractivity contribution in [3.63, 3.8) is 0 Å². The minimum absolute atomic E-state index is 0.324. The maximum Gasteiger partial charge on any atom is 0.381 e. The lowest BCUT2D eigenvalue weighted by molar-refractivity contribution is 0.286. The molecule has 0 atom stereocenters. The summed E-state index contributed by atoms with van der Waals surface area (Å²) in [7, 11) is 0.879. The first kappa shape index (κ1) is 15.0. The fraction of sp³-hybridized carbons (Fsp3) is 0.267. The molecule has 0 aliphatic carbocycles. The van der Waals surface area contributed by atoms with Gasteiger partial charge in [0.2, 0.25) is 0 Å². The Morgan fingerprint density at radius 3 is 2.68 bits per heavy atom. The van der Waals surface area contributed by atoms with E-state index in [1.54, 1.807) is 11.8 Å². The van der Waals surface area contributed by atoms with Crippen molar-refractivity contribution in [3.8, 4) is 16.9 Å². The van der Waals surface area contributed by atoms with Crippen LogP contribution in [-0.4, -0.2) is 31.1 Å². The average molecular weight is 320 g/mol. The molecule has 0 fully saturated rings. The predicted octanol–water partition coefficient (Wildman–Crippen LogP) is 2.70. The molecule has 1 aromatic heterocycles. The van der Waals surface area contributed by atoms with Gasteiger partial charge in [0.15, 0.2) is 5.44 Å². The summed E-state index contributed by atoms with van der Waals surface area (Å²) in [6.45, 7) is 0.639. The minimum atomic E-state index is -3.45. The highest BCUT2D eigenvalue weighted by Crippen LogP contribution is 2.48. The normalized spacial score (nSPS) is 13.4. The molecule has 22 heavy (non-hydrogen) atoms. The van der Waals surface area contributed by atoms with Crippen molar-refractivity contribution >= 4 is 19.1 Å². The smallest absolute Gasteiger partial charge is 0.381 e. The molecule has 3 rings (SSSR count). The van der Waals surface area contributed by atoms with Crippen LogP contribution in [0.25, 0.3) is 17.2 Å². The summed E-state index contributed by atoms with van der Waals surface area (Å²) in [6.07, 6.45) is 3.96. The molecular formula is C15H17N2O4P. The van der Waals surface area contributed by atoms with E-state index in [4.69, 9.17) is 13.8 Å². The summed E-state index contributed by atoms with van der Waals surface area (Å²) >= 11 is 0. The summed E-state index contributed by atoms with van der Waals surface area (Å²) < 4.78 is 30.2. The number of nitrogens with zero attached hydrogens (tertiary/aromatic N) is 2. The Balaban J connectivity index is 2.25. The Labute approximate surface area is 128 Å². The number of rotatable bonds is 5. The van der Waals surface area contributed by atoms with E-state index < -0.39 is 7.60 Å². The highest BCUT2D eigenvalue weighted by atomic mass is 31.2. The maximum atomic E-state index is 12.8. The molecule has 116 valence electrons. The van der Waals surface area contributed by atoms with Gasteiger partial charge < -0.3 is 13.8 Å². The van der Waals surface area contributed by atoms with E-state index in [1.807, 2.05) is 36.4 Å². The lowest BCUT2D eigenvalue weighted by atomic mass is 10.1. The molecule has 2 heterocycles. The number of methoxy groups -OCH3 is 1. The molecule has 2 aromatic rings. The first-order valence-corrected chi connectivity index (χ1v) is 8.31. The molecule has 0 amide bonds. The second-order valence-electron chi connectivity index (χ2n) is 4.76. The number of hydrogen-bond acceptors (Lipinski definition) is 5. The Kier molecular flexibility index (Phi) is 3.91. The van der Waals surface area contributed by atoms with E-state index in [-0.39, 0.29) is 0 Å². The molecule has 0 radical (unpaired) electrons. The Morgan fingerprint density at radius 1 is 1.23 bits per heavy atom. The van der Waals surface area contributed by atoms with Crippen LogP contribution in [-0.2, 0) is 20.2 Å². The highest BCUT2D eigenvalue weighted by molar-refractivity contribution is 7.62. The van der Waals surface area contributed by atoms with Crippen molar-refractivity contribution in [2.45, 2.75) is 6.54 Å². The van der Waals surface area contributed by atoms with Crippen LogP contribution in [0.4, 0.5) is 0 Å². The number of benzene rings is 1. The van der Waals surface area contributed by atoms with Crippen LogP contribution in [0.1, 0.15) is 5.69 Å². The van der Waals surface area contributed by atoms with Crippen molar-refractivity contribution in [2.75, 3.05) is 21.3 Å². The summed E-state index contributed by atoms with van der Waals surface area (Å²) in [5.74, 6) is 0.718. The minimum Gasteiger partial charge on any atom is -0.497 e. The lowest BCUT2D eigenvalue weighted by Gasteiger charge is -2.13. The second-order valence-corrected chi connectivity index (χ2v) is 6.91. The molecule has 0 unspecified atom stereocenters. The number of ether oxygens (including phenoxy) is 1.